The summed E-state index contributed by atoms with van der Waals surface area (Å²) >= 11 is 0. The number of unbranched alkanes of at least 4 members (excludes halogenated alkanes) is 2. The van der Waals surface area contributed by atoms with Crippen molar-refractivity contribution in [2.24, 2.45) is 15.7 Å². The fourth-order valence-corrected chi connectivity index (χ4v) is 3.77. The molecule has 4 rings (SSSR count). The maximum absolute atomic E-state index is 12.4. The van der Waals surface area contributed by atoms with Crippen LogP contribution in [0.2, 0.25) is 0 Å². The van der Waals surface area contributed by atoms with Crippen LogP contribution in [0.25, 0.3) is 11.1 Å². The second-order valence-electron chi connectivity index (χ2n) is 8.10. The number of hydrogen-bond donors (Lipinski definition) is 2. The van der Waals surface area contributed by atoms with E-state index in [4.69, 9.17) is 5.73 Å². The van der Waals surface area contributed by atoms with E-state index in [9.17, 15) is 4.79 Å². The molecular weight excluding hydrogens is 450 g/mol. The van der Waals surface area contributed by atoms with Gasteiger partial charge in [0.1, 0.15) is 0 Å². The zero-order valence-corrected chi connectivity index (χ0v) is 19.8. The third-order valence-corrected chi connectivity index (χ3v) is 5.58. The first-order valence-electron chi connectivity index (χ1n) is 11.4. The summed E-state index contributed by atoms with van der Waals surface area (Å²) in [6.07, 6.45) is 8.88. The Morgan fingerprint density at radius 2 is 1.76 bits per heavy atom. The third-order valence-electron chi connectivity index (χ3n) is 5.58. The van der Waals surface area contributed by atoms with E-state index >= 15 is 0 Å². The molecule has 0 aliphatic carbocycles. The van der Waals surface area contributed by atoms with Crippen molar-refractivity contribution in [3.8, 4) is 11.1 Å². The molecule has 2 aromatic carbocycles. The summed E-state index contributed by atoms with van der Waals surface area (Å²) in [5, 5.41) is 11.4. The van der Waals surface area contributed by atoms with Crippen molar-refractivity contribution in [2.45, 2.75) is 44.7 Å². The van der Waals surface area contributed by atoms with Gasteiger partial charge in [-0.15, -0.1) is 17.5 Å². The Morgan fingerprint density at radius 1 is 1.00 bits per heavy atom. The van der Waals surface area contributed by atoms with Crippen LogP contribution in [0.1, 0.15) is 41.7 Å². The number of hydrogen-bond acceptors (Lipinski definition) is 6. The number of rotatable bonds is 11. The first-order chi connectivity index (χ1) is 16.2. The number of carbonyl (C=O) groups is 1. The molecule has 0 fully saturated rings. The molecule has 1 aromatic heterocycles. The zero-order chi connectivity index (χ0) is 22.9. The molecule has 1 aliphatic rings. The highest BCUT2D eigenvalue weighted by Crippen LogP contribution is 2.19. The minimum atomic E-state index is -0.0895. The fourth-order valence-electron chi connectivity index (χ4n) is 3.77. The third kappa shape index (κ3) is 7.25. The second-order valence-corrected chi connectivity index (χ2v) is 8.10. The van der Waals surface area contributed by atoms with Gasteiger partial charge in [0.15, 0.2) is 0 Å². The number of amides is 1. The molecule has 0 spiro atoms. The average Bonchev–Trinajstić information content (AvgIpc) is 3.48. The Balaban J connectivity index is 0.00000324. The van der Waals surface area contributed by atoms with Crippen molar-refractivity contribution in [3.63, 3.8) is 0 Å². The molecule has 0 radical (unpaired) electrons. The summed E-state index contributed by atoms with van der Waals surface area (Å²) in [6.45, 7) is 1.08. The molecule has 2 heterocycles. The Bertz CT molecular complexity index is 1110. The maximum atomic E-state index is 12.4. The standard InChI is InChI=1S/C25H29N7O.ClH/c26-25-28-17-22(29-25)9-5-2-6-10-23-18-32(31-30-23)16-15-27-24(33)21-13-11-20(12-14-21)19-7-3-1-4-8-19;/h1,3-4,7-8,11-14,17-18,22H,2,5-6,9-10,15-16H2,(H2,26,29)(H,27,33);1H. The highest BCUT2D eigenvalue weighted by Gasteiger charge is 2.10. The lowest BCUT2D eigenvalue weighted by Crippen LogP contribution is -2.27. The molecule has 1 amide bonds. The molecule has 34 heavy (non-hydrogen) atoms. The van der Waals surface area contributed by atoms with Gasteiger partial charge < -0.3 is 11.1 Å². The van der Waals surface area contributed by atoms with Gasteiger partial charge in [-0.25, -0.2) is 9.98 Å². The average molecular weight is 480 g/mol. The maximum Gasteiger partial charge on any atom is 0.251 e. The van der Waals surface area contributed by atoms with E-state index in [-0.39, 0.29) is 24.4 Å². The van der Waals surface area contributed by atoms with Crippen molar-refractivity contribution in [3.05, 3.63) is 72.1 Å². The molecule has 1 atom stereocenters. The van der Waals surface area contributed by atoms with Gasteiger partial charge in [-0.3, -0.25) is 9.48 Å². The molecule has 0 bridgehead atoms. The monoisotopic (exact) mass is 479 g/mol. The van der Waals surface area contributed by atoms with E-state index in [0.29, 0.717) is 24.6 Å². The highest BCUT2D eigenvalue weighted by atomic mass is 35.5. The van der Waals surface area contributed by atoms with Crippen molar-refractivity contribution in [2.75, 3.05) is 6.54 Å². The molecule has 1 unspecified atom stereocenters. The number of benzene rings is 2. The highest BCUT2D eigenvalue weighted by molar-refractivity contribution is 5.94. The van der Waals surface area contributed by atoms with Crippen LogP contribution in [-0.4, -0.2) is 45.7 Å². The molecule has 9 heteroatoms. The summed E-state index contributed by atoms with van der Waals surface area (Å²) in [5.41, 5.74) is 9.39. The number of carbonyl (C=O) groups excluding carboxylic acids is 1. The smallest absolute Gasteiger partial charge is 0.251 e. The number of nitrogens with two attached hydrogens (primary N) is 1. The number of aliphatic imine (C=N–C) groups is 2. The zero-order valence-electron chi connectivity index (χ0n) is 19.0. The van der Waals surface area contributed by atoms with Gasteiger partial charge in [0.2, 0.25) is 5.96 Å². The Labute approximate surface area is 205 Å². The minimum absolute atomic E-state index is 0. The first-order valence-corrected chi connectivity index (χ1v) is 11.4. The molecule has 3 N–H and O–H groups in total. The Morgan fingerprint density at radius 3 is 2.50 bits per heavy atom. The van der Waals surface area contributed by atoms with Crippen LogP contribution >= 0.6 is 12.4 Å². The predicted octanol–water partition coefficient (Wildman–Crippen LogP) is 3.67. The lowest BCUT2D eigenvalue weighted by molar-refractivity contribution is 0.0952. The predicted molar refractivity (Wildman–Crippen MR) is 138 cm³/mol. The van der Waals surface area contributed by atoms with Crippen molar-refractivity contribution in [1.82, 2.24) is 20.3 Å². The van der Waals surface area contributed by atoms with Crippen LogP contribution in [0, 0.1) is 0 Å². The molecule has 8 nitrogen and oxygen atoms in total. The molecule has 3 aromatic rings. The van der Waals surface area contributed by atoms with Crippen LogP contribution in [0.3, 0.4) is 0 Å². The van der Waals surface area contributed by atoms with Gasteiger partial charge >= 0.3 is 0 Å². The summed E-state index contributed by atoms with van der Waals surface area (Å²) in [7, 11) is 0. The van der Waals surface area contributed by atoms with E-state index in [2.05, 4.69) is 37.7 Å². The van der Waals surface area contributed by atoms with Crippen molar-refractivity contribution < 1.29 is 4.79 Å². The van der Waals surface area contributed by atoms with Gasteiger partial charge in [0.05, 0.1) is 18.3 Å². The van der Waals surface area contributed by atoms with Crippen molar-refractivity contribution >= 4 is 30.5 Å². The number of nitrogens with zero attached hydrogens (tertiary/aromatic N) is 5. The number of aryl methyl sites for hydroxylation is 1. The lowest BCUT2D eigenvalue weighted by Gasteiger charge is -2.06. The lowest BCUT2D eigenvalue weighted by atomic mass is 10.0. The van der Waals surface area contributed by atoms with Crippen LogP contribution in [0.15, 0.2) is 70.8 Å². The van der Waals surface area contributed by atoms with Crippen LogP contribution in [0.5, 0.6) is 0 Å². The van der Waals surface area contributed by atoms with Crippen LogP contribution in [0.4, 0.5) is 0 Å². The van der Waals surface area contributed by atoms with E-state index < -0.39 is 0 Å². The topological polar surface area (TPSA) is 111 Å². The quantitative estimate of drug-likeness (QED) is 0.409. The summed E-state index contributed by atoms with van der Waals surface area (Å²) < 4.78 is 1.78. The van der Waals surface area contributed by atoms with E-state index in [1.54, 1.807) is 4.68 Å². The van der Waals surface area contributed by atoms with Gasteiger partial charge in [-0.2, -0.15) is 0 Å². The van der Waals surface area contributed by atoms with E-state index in [1.807, 2.05) is 54.9 Å². The molecule has 0 saturated heterocycles. The second kappa shape index (κ2) is 12.6. The Kier molecular flexibility index (Phi) is 9.34. The van der Waals surface area contributed by atoms with Gasteiger partial charge in [-0.1, -0.05) is 60.5 Å². The molecule has 1 aliphatic heterocycles. The molecular formula is C25H30ClN7O. The Hall–Kier alpha value is -3.52. The number of aromatic nitrogens is 3. The van der Waals surface area contributed by atoms with E-state index in [0.717, 1.165) is 48.9 Å². The number of halogens is 1. The number of nitrogens with one attached hydrogen (secondary N) is 1. The SMILES string of the molecule is Cl.NC1=NC(CCCCCc2cn(CCNC(=O)c3ccc(-c4ccccc4)cc3)nn2)C=N1. The van der Waals surface area contributed by atoms with Crippen LogP contribution < -0.4 is 11.1 Å². The van der Waals surface area contributed by atoms with Crippen molar-refractivity contribution in [1.29, 1.82) is 0 Å². The largest absolute Gasteiger partial charge is 0.368 e. The van der Waals surface area contributed by atoms with Gasteiger partial charge in [0, 0.05) is 24.5 Å². The number of guanidine groups is 1. The van der Waals surface area contributed by atoms with Crippen LogP contribution in [-0.2, 0) is 13.0 Å². The fraction of sp³-hybridized carbons (Fsp3) is 0.320. The van der Waals surface area contributed by atoms with Gasteiger partial charge in [-0.05, 0) is 42.5 Å². The first kappa shape index (κ1) is 25.1. The summed E-state index contributed by atoms with van der Waals surface area (Å²) in [6, 6.07) is 17.9. The molecule has 0 saturated carbocycles. The van der Waals surface area contributed by atoms with Gasteiger partial charge in [0.25, 0.3) is 5.91 Å². The summed E-state index contributed by atoms with van der Waals surface area (Å²) in [4.78, 5) is 20.7. The molecule has 178 valence electrons. The minimum Gasteiger partial charge on any atom is -0.368 e. The summed E-state index contributed by atoms with van der Waals surface area (Å²) in [5.74, 6) is 0.294. The van der Waals surface area contributed by atoms with E-state index in [1.165, 1.54) is 0 Å². The normalized spacial score (nSPS) is 14.5.